The molecule has 0 spiro atoms. The van der Waals surface area contributed by atoms with Crippen molar-refractivity contribution in [3.8, 4) is 11.1 Å². The van der Waals surface area contributed by atoms with E-state index in [1.54, 1.807) is 7.11 Å². The van der Waals surface area contributed by atoms with Crippen molar-refractivity contribution in [2.75, 3.05) is 33.4 Å². The number of carbonyl (C=O) groups is 1. The maximum absolute atomic E-state index is 13.2. The van der Waals surface area contributed by atoms with Crippen LogP contribution in [0, 0.1) is 6.92 Å². The van der Waals surface area contributed by atoms with E-state index in [2.05, 4.69) is 70.6 Å². The zero-order chi connectivity index (χ0) is 23.5. The molecule has 5 nitrogen and oxygen atoms in total. The van der Waals surface area contributed by atoms with Crippen LogP contribution in [0.25, 0.3) is 11.1 Å². The van der Waals surface area contributed by atoms with Crippen LogP contribution < -0.4 is 5.32 Å². The van der Waals surface area contributed by atoms with Crippen molar-refractivity contribution in [1.82, 2.24) is 15.1 Å². The molecule has 1 aliphatic carbocycles. The number of benzene rings is 2. The van der Waals surface area contributed by atoms with E-state index in [1.165, 1.54) is 35.1 Å². The van der Waals surface area contributed by atoms with Gasteiger partial charge in [0.1, 0.15) is 0 Å². The Morgan fingerprint density at radius 1 is 1.00 bits per heavy atom. The van der Waals surface area contributed by atoms with Crippen molar-refractivity contribution in [2.45, 2.75) is 69.5 Å². The van der Waals surface area contributed by atoms with E-state index in [1.807, 2.05) is 0 Å². The molecule has 182 valence electrons. The summed E-state index contributed by atoms with van der Waals surface area (Å²) in [6, 6.07) is 18.9. The van der Waals surface area contributed by atoms with E-state index in [4.69, 9.17) is 4.74 Å². The molecular formula is C29H39N3O2. The molecule has 3 aliphatic rings. The Labute approximate surface area is 204 Å². The maximum Gasteiger partial charge on any atom is 0.317 e. The van der Waals surface area contributed by atoms with E-state index in [0.29, 0.717) is 24.0 Å². The summed E-state index contributed by atoms with van der Waals surface area (Å²) in [7, 11) is 1.80. The van der Waals surface area contributed by atoms with Crippen LogP contribution in [0.15, 0.2) is 48.5 Å². The molecule has 2 aliphatic heterocycles. The topological polar surface area (TPSA) is 44.8 Å². The highest BCUT2D eigenvalue weighted by Crippen LogP contribution is 2.42. The molecule has 5 heteroatoms. The summed E-state index contributed by atoms with van der Waals surface area (Å²) in [6.07, 6.45) is 6.92. The monoisotopic (exact) mass is 461 g/mol. The first-order valence-electron chi connectivity index (χ1n) is 13.1. The van der Waals surface area contributed by atoms with Gasteiger partial charge in [-0.15, -0.1) is 0 Å². The lowest BCUT2D eigenvalue weighted by atomic mass is 9.74. The van der Waals surface area contributed by atoms with Crippen LogP contribution in [-0.4, -0.2) is 67.3 Å². The lowest BCUT2D eigenvalue weighted by Gasteiger charge is -2.57. The molecule has 0 unspecified atom stereocenters. The molecule has 2 aromatic rings. The van der Waals surface area contributed by atoms with E-state index in [0.717, 1.165) is 51.9 Å². The Kier molecular flexibility index (Phi) is 7.21. The number of hydrogen-bond donors (Lipinski definition) is 1. The lowest BCUT2D eigenvalue weighted by molar-refractivity contribution is -0.0668. The standard InChI is InChI=1S/C29H39N3O2/c1-21-9-3-6-12-25(21)22-13-15-23(16-14-22)28-26-19-31(29(33)30-24-10-4-5-11-24)17-7-8-18-32(26)27(28)20-34-2/h3,6,9,12-16,24,26-28H,4-5,7-8,10-11,17-20H2,1-2H3,(H,30,33)/t26-,27-,28+/m1/s1. The van der Waals surface area contributed by atoms with Gasteiger partial charge in [0.15, 0.2) is 0 Å². The van der Waals surface area contributed by atoms with Gasteiger partial charge in [-0.25, -0.2) is 4.79 Å². The Bertz CT molecular complexity index is 970. The first kappa shape index (κ1) is 23.4. The molecule has 2 saturated heterocycles. The highest BCUT2D eigenvalue weighted by atomic mass is 16.5. The number of ether oxygens (including phenoxy) is 1. The molecule has 34 heavy (non-hydrogen) atoms. The molecule has 2 heterocycles. The second-order valence-electron chi connectivity index (χ2n) is 10.4. The van der Waals surface area contributed by atoms with E-state index in [9.17, 15) is 4.79 Å². The molecular weight excluding hydrogens is 422 g/mol. The summed E-state index contributed by atoms with van der Waals surface area (Å²) >= 11 is 0. The summed E-state index contributed by atoms with van der Waals surface area (Å²) < 4.78 is 5.66. The molecule has 0 radical (unpaired) electrons. The van der Waals surface area contributed by atoms with Crippen LogP contribution in [-0.2, 0) is 4.74 Å². The molecule has 0 aromatic heterocycles. The fourth-order valence-corrected chi connectivity index (χ4v) is 6.39. The fraction of sp³-hybridized carbons (Fsp3) is 0.552. The van der Waals surface area contributed by atoms with Gasteiger partial charge in [-0.2, -0.15) is 0 Å². The predicted molar refractivity (Wildman–Crippen MR) is 137 cm³/mol. The Morgan fingerprint density at radius 3 is 2.47 bits per heavy atom. The smallest absolute Gasteiger partial charge is 0.317 e. The van der Waals surface area contributed by atoms with Gasteiger partial charge in [-0.3, -0.25) is 4.90 Å². The summed E-state index contributed by atoms with van der Waals surface area (Å²) in [4.78, 5) is 17.8. The van der Waals surface area contributed by atoms with Gasteiger partial charge in [0.25, 0.3) is 0 Å². The molecule has 3 fully saturated rings. The summed E-state index contributed by atoms with van der Waals surface area (Å²) in [5.41, 5.74) is 5.21. The molecule has 1 saturated carbocycles. The number of carbonyl (C=O) groups excluding carboxylic acids is 1. The Hall–Kier alpha value is -2.37. The Morgan fingerprint density at radius 2 is 1.74 bits per heavy atom. The minimum atomic E-state index is 0.137. The van der Waals surface area contributed by atoms with Crippen LogP contribution in [0.3, 0.4) is 0 Å². The predicted octanol–water partition coefficient (Wildman–Crippen LogP) is 5.19. The normalized spacial score (nSPS) is 25.8. The van der Waals surface area contributed by atoms with Crippen LogP contribution in [0.2, 0.25) is 0 Å². The van der Waals surface area contributed by atoms with Gasteiger partial charge in [-0.05, 0) is 61.4 Å². The lowest BCUT2D eigenvalue weighted by Crippen LogP contribution is -2.68. The SMILES string of the molecule is COC[C@@H]1[C@@H](c2ccc(-c3ccccc3C)cc2)[C@H]2CN(C(=O)NC3CCCC3)CCCCN12. The maximum atomic E-state index is 13.2. The number of aryl methyl sites for hydroxylation is 1. The van der Waals surface area contributed by atoms with Gasteiger partial charge < -0.3 is 15.0 Å². The number of nitrogens with one attached hydrogen (secondary N) is 1. The molecule has 1 N–H and O–H groups in total. The molecule has 2 amide bonds. The zero-order valence-corrected chi connectivity index (χ0v) is 20.7. The number of rotatable bonds is 5. The first-order chi connectivity index (χ1) is 16.7. The quantitative estimate of drug-likeness (QED) is 0.666. The van der Waals surface area contributed by atoms with Crippen LogP contribution in [0.4, 0.5) is 4.79 Å². The Balaban J connectivity index is 1.35. The number of methoxy groups -OCH3 is 1. The van der Waals surface area contributed by atoms with Crippen molar-refractivity contribution in [3.05, 3.63) is 59.7 Å². The van der Waals surface area contributed by atoms with Crippen molar-refractivity contribution in [3.63, 3.8) is 0 Å². The van der Waals surface area contributed by atoms with Crippen molar-refractivity contribution < 1.29 is 9.53 Å². The average Bonchev–Trinajstić information content (AvgIpc) is 3.34. The summed E-state index contributed by atoms with van der Waals surface area (Å²) in [6.45, 7) is 5.64. The number of urea groups is 1. The zero-order valence-electron chi connectivity index (χ0n) is 20.7. The molecule has 3 atom stereocenters. The number of amides is 2. The van der Waals surface area contributed by atoms with Gasteiger partial charge in [0.2, 0.25) is 0 Å². The van der Waals surface area contributed by atoms with Gasteiger partial charge in [0, 0.05) is 44.2 Å². The third-order valence-corrected chi connectivity index (χ3v) is 8.24. The van der Waals surface area contributed by atoms with Crippen molar-refractivity contribution in [1.29, 1.82) is 0 Å². The van der Waals surface area contributed by atoms with Gasteiger partial charge >= 0.3 is 6.03 Å². The van der Waals surface area contributed by atoms with Crippen LogP contribution in [0.1, 0.15) is 55.6 Å². The van der Waals surface area contributed by atoms with Crippen LogP contribution >= 0.6 is 0 Å². The summed E-state index contributed by atoms with van der Waals surface area (Å²) in [5.74, 6) is 0.380. The highest BCUT2D eigenvalue weighted by molar-refractivity contribution is 5.74. The van der Waals surface area contributed by atoms with Crippen molar-refractivity contribution >= 4 is 6.03 Å². The third-order valence-electron chi connectivity index (χ3n) is 8.24. The van der Waals surface area contributed by atoms with E-state index < -0.39 is 0 Å². The van der Waals surface area contributed by atoms with Gasteiger partial charge in [0.05, 0.1) is 6.61 Å². The fourth-order valence-electron chi connectivity index (χ4n) is 6.39. The third kappa shape index (κ3) is 4.73. The van der Waals surface area contributed by atoms with Crippen molar-refractivity contribution in [2.24, 2.45) is 0 Å². The van der Waals surface area contributed by atoms with E-state index >= 15 is 0 Å². The highest BCUT2D eigenvalue weighted by Gasteiger charge is 2.49. The molecule has 0 bridgehead atoms. The largest absolute Gasteiger partial charge is 0.383 e. The second kappa shape index (κ2) is 10.5. The van der Waals surface area contributed by atoms with Gasteiger partial charge in [-0.1, -0.05) is 61.4 Å². The minimum Gasteiger partial charge on any atom is -0.383 e. The molecule has 2 aromatic carbocycles. The van der Waals surface area contributed by atoms with E-state index in [-0.39, 0.29) is 6.03 Å². The molecule has 5 rings (SSSR count). The second-order valence-corrected chi connectivity index (χ2v) is 10.4. The first-order valence-corrected chi connectivity index (χ1v) is 13.1. The number of hydrogen-bond acceptors (Lipinski definition) is 3. The number of fused-ring (bicyclic) bond motifs is 1. The van der Waals surface area contributed by atoms with Crippen LogP contribution in [0.5, 0.6) is 0 Å². The minimum absolute atomic E-state index is 0.137. The number of nitrogens with zero attached hydrogens (tertiary/aromatic N) is 2. The summed E-state index contributed by atoms with van der Waals surface area (Å²) in [5, 5.41) is 3.32. The average molecular weight is 462 g/mol.